The number of nitrogens with zero attached hydrogens (tertiary/aromatic N) is 2. The number of ether oxygens (including phenoxy) is 2. The van der Waals surface area contributed by atoms with Gasteiger partial charge in [0.15, 0.2) is 23.4 Å². The summed E-state index contributed by atoms with van der Waals surface area (Å²) in [6, 6.07) is 6.64. The molecule has 0 aliphatic rings. The quantitative estimate of drug-likeness (QED) is 0.224. The van der Waals surface area contributed by atoms with Crippen molar-refractivity contribution in [3.63, 3.8) is 0 Å². The van der Waals surface area contributed by atoms with E-state index in [-0.39, 0.29) is 36.6 Å². The maximum absolute atomic E-state index is 12.8. The van der Waals surface area contributed by atoms with Crippen molar-refractivity contribution in [2.75, 3.05) is 20.2 Å². The molecule has 0 radical (unpaired) electrons. The van der Waals surface area contributed by atoms with E-state index in [1.807, 2.05) is 29.8 Å². The number of hydrogen-bond donors (Lipinski definition) is 2. The summed E-state index contributed by atoms with van der Waals surface area (Å²) in [6.07, 6.45) is 2.79. The number of fused-ring (bicyclic) bond motifs is 1. The van der Waals surface area contributed by atoms with E-state index in [0.717, 1.165) is 5.69 Å². The van der Waals surface area contributed by atoms with Crippen LogP contribution in [0.5, 0.6) is 5.75 Å². The lowest BCUT2D eigenvalue weighted by Crippen LogP contribution is -2.30. The van der Waals surface area contributed by atoms with Crippen LogP contribution >= 0.6 is 23.2 Å². The molecule has 0 bridgehead atoms. The minimum atomic E-state index is -0.787. The molecule has 0 saturated carbocycles. The first kappa shape index (κ1) is 26.5. The molecule has 0 spiro atoms. The van der Waals surface area contributed by atoms with Gasteiger partial charge in [0.2, 0.25) is 5.91 Å². The number of imidazole rings is 1. The van der Waals surface area contributed by atoms with Crippen LogP contribution in [0.15, 0.2) is 36.7 Å². The third-order valence-corrected chi connectivity index (χ3v) is 5.81. The molecule has 3 aromatic rings. The van der Waals surface area contributed by atoms with Gasteiger partial charge in [-0.05, 0) is 45.2 Å². The van der Waals surface area contributed by atoms with Gasteiger partial charge in [0.25, 0.3) is 0 Å². The number of aryl methyl sites for hydroxylation is 1. The lowest BCUT2D eigenvalue weighted by Gasteiger charge is -2.22. The standard InChI is InChI=1S/C24H26Cl2N4O5/c1-4-34-20(33)10-9-19(32)28-12-17(31)15-7-8-16(25)21(22(15)26)24(27-3)35-18-6-5-11-30-13-14(2)29-23(18)30/h5-8,11,13,24,27H,4,9-10,12H2,1-3H3,(H,28,32). The fraction of sp³-hybridized carbons (Fsp3) is 0.333. The topological polar surface area (TPSA) is 111 Å². The molecule has 1 aromatic carbocycles. The number of benzene rings is 1. The maximum atomic E-state index is 12.8. The van der Waals surface area contributed by atoms with Crippen molar-refractivity contribution >= 4 is 46.5 Å². The van der Waals surface area contributed by atoms with Crippen LogP contribution in [0.25, 0.3) is 5.65 Å². The first-order chi connectivity index (χ1) is 16.7. The molecule has 3 rings (SSSR count). The number of hydrogen-bond acceptors (Lipinski definition) is 7. The highest BCUT2D eigenvalue weighted by atomic mass is 35.5. The Morgan fingerprint density at radius 3 is 2.66 bits per heavy atom. The van der Waals surface area contributed by atoms with Crippen LogP contribution in [0, 0.1) is 6.92 Å². The molecule has 0 fully saturated rings. The number of aromatic nitrogens is 2. The Labute approximate surface area is 212 Å². The van der Waals surface area contributed by atoms with Crippen LogP contribution < -0.4 is 15.4 Å². The number of nitrogens with one attached hydrogen (secondary N) is 2. The monoisotopic (exact) mass is 520 g/mol. The highest BCUT2D eigenvalue weighted by Gasteiger charge is 2.24. The van der Waals surface area contributed by atoms with Gasteiger partial charge in [-0.2, -0.15) is 0 Å². The molecule has 1 unspecified atom stereocenters. The molecule has 11 heteroatoms. The van der Waals surface area contributed by atoms with Crippen LogP contribution in [-0.2, 0) is 14.3 Å². The fourth-order valence-corrected chi connectivity index (χ4v) is 4.10. The van der Waals surface area contributed by atoms with Gasteiger partial charge in [-0.3, -0.25) is 19.7 Å². The van der Waals surface area contributed by atoms with Crippen LogP contribution in [0.3, 0.4) is 0 Å². The van der Waals surface area contributed by atoms with Crippen molar-refractivity contribution < 1.29 is 23.9 Å². The van der Waals surface area contributed by atoms with Crippen LogP contribution in [-0.4, -0.2) is 47.2 Å². The molecule has 0 aliphatic heterocycles. The van der Waals surface area contributed by atoms with Crippen LogP contribution in [0.1, 0.15) is 47.6 Å². The second-order valence-electron chi connectivity index (χ2n) is 7.60. The summed E-state index contributed by atoms with van der Waals surface area (Å²) in [5.41, 5.74) is 2.00. The summed E-state index contributed by atoms with van der Waals surface area (Å²) >= 11 is 13.0. The Kier molecular flexibility index (Phi) is 9.08. The van der Waals surface area contributed by atoms with E-state index in [4.69, 9.17) is 32.7 Å². The molecule has 2 aromatic heterocycles. The summed E-state index contributed by atoms with van der Waals surface area (Å²) in [7, 11) is 1.67. The van der Waals surface area contributed by atoms with Gasteiger partial charge in [-0.1, -0.05) is 23.2 Å². The Bertz CT molecular complexity index is 1240. The number of esters is 1. The van der Waals surface area contributed by atoms with Gasteiger partial charge in [0.05, 0.1) is 35.3 Å². The summed E-state index contributed by atoms with van der Waals surface area (Å²) in [5, 5.41) is 5.93. The average molecular weight is 521 g/mol. The van der Waals surface area contributed by atoms with Crippen LogP contribution in [0.4, 0.5) is 0 Å². The predicted molar refractivity (Wildman–Crippen MR) is 132 cm³/mol. The van der Waals surface area contributed by atoms with Crippen molar-refractivity contribution in [3.8, 4) is 5.75 Å². The van der Waals surface area contributed by atoms with Gasteiger partial charge in [-0.25, -0.2) is 4.98 Å². The summed E-state index contributed by atoms with van der Waals surface area (Å²) in [5.74, 6) is -0.842. The van der Waals surface area contributed by atoms with Crippen molar-refractivity contribution in [2.45, 2.75) is 32.9 Å². The largest absolute Gasteiger partial charge is 0.467 e. The summed E-state index contributed by atoms with van der Waals surface area (Å²) in [4.78, 5) is 40.7. The average Bonchev–Trinajstić information content (AvgIpc) is 3.21. The normalized spacial score (nSPS) is 11.8. The Balaban J connectivity index is 1.76. The number of carbonyl (C=O) groups excluding carboxylic acids is 3. The van der Waals surface area contributed by atoms with Crippen molar-refractivity contribution in [1.82, 2.24) is 20.0 Å². The van der Waals surface area contributed by atoms with E-state index in [2.05, 4.69) is 15.6 Å². The smallest absolute Gasteiger partial charge is 0.306 e. The van der Waals surface area contributed by atoms with Gasteiger partial charge in [-0.15, -0.1) is 0 Å². The molecule has 0 saturated heterocycles. The third-order valence-electron chi connectivity index (χ3n) is 5.07. The van der Waals surface area contributed by atoms with Gasteiger partial charge >= 0.3 is 5.97 Å². The number of rotatable bonds is 11. The molecular formula is C24H26Cl2N4O5. The molecule has 1 amide bonds. The molecule has 186 valence electrons. The number of pyridine rings is 1. The van der Waals surface area contributed by atoms with Gasteiger partial charge in [0.1, 0.15) is 0 Å². The first-order valence-corrected chi connectivity index (χ1v) is 11.7. The SMILES string of the molecule is CCOC(=O)CCC(=O)NCC(=O)c1ccc(Cl)c(C(NC)Oc2cccn3cc(C)nc23)c1Cl. The van der Waals surface area contributed by atoms with E-state index >= 15 is 0 Å². The summed E-state index contributed by atoms with van der Waals surface area (Å²) in [6.45, 7) is 3.51. The van der Waals surface area contributed by atoms with E-state index in [1.165, 1.54) is 6.07 Å². The number of halogens is 2. The highest BCUT2D eigenvalue weighted by molar-refractivity contribution is 6.38. The molecule has 2 heterocycles. The number of ketones is 1. The molecule has 35 heavy (non-hydrogen) atoms. The minimum absolute atomic E-state index is 0.0658. The first-order valence-electron chi connectivity index (χ1n) is 11.0. The van der Waals surface area contributed by atoms with Crippen LogP contribution in [0.2, 0.25) is 10.0 Å². The Morgan fingerprint density at radius 1 is 1.17 bits per heavy atom. The van der Waals surface area contributed by atoms with Gasteiger partial charge in [0, 0.05) is 29.9 Å². The lowest BCUT2D eigenvalue weighted by atomic mass is 10.1. The summed E-state index contributed by atoms with van der Waals surface area (Å²) < 4.78 is 12.8. The number of Topliss-reactive ketones (excluding diaryl/α,β-unsaturated/α-hetero) is 1. The molecule has 9 nitrogen and oxygen atoms in total. The second kappa shape index (κ2) is 12.0. The Hall–Kier alpha value is -3.14. The zero-order valence-electron chi connectivity index (χ0n) is 19.6. The predicted octanol–water partition coefficient (Wildman–Crippen LogP) is 3.89. The number of amides is 1. The highest BCUT2D eigenvalue weighted by Crippen LogP contribution is 2.35. The molecule has 0 aliphatic carbocycles. The zero-order chi connectivity index (χ0) is 25.5. The molecule has 2 N–H and O–H groups in total. The maximum Gasteiger partial charge on any atom is 0.306 e. The second-order valence-corrected chi connectivity index (χ2v) is 8.38. The van der Waals surface area contributed by atoms with Crippen molar-refractivity contribution in [2.24, 2.45) is 0 Å². The van der Waals surface area contributed by atoms with E-state index in [1.54, 1.807) is 26.1 Å². The Morgan fingerprint density at radius 2 is 1.94 bits per heavy atom. The third kappa shape index (κ3) is 6.50. The zero-order valence-corrected chi connectivity index (χ0v) is 21.1. The van der Waals surface area contributed by atoms with Crippen molar-refractivity contribution in [1.29, 1.82) is 0 Å². The molecule has 1 atom stereocenters. The van der Waals surface area contributed by atoms with Crippen molar-refractivity contribution in [3.05, 3.63) is 63.5 Å². The van der Waals surface area contributed by atoms with Gasteiger partial charge < -0.3 is 19.2 Å². The number of carbonyl (C=O) groups is 3. The fourth-order valence-electron chi connectivity index (χ4n) is 3.43. The lowest BCUT2D eigenvalue weighted by molar-refractivity contribution is -0.144. The van der Waals surface area contributed by atoms with E-state index < -0.39 is 23.9 Å². The van der Waals surface area contributed by atoms with E-state index in [0.29, 0.717) is 22.0 Å². The molecular weight excluding hydrogens is 495 g/mol. The minimum Gasteiger partial charge on any atom is -0.467 e. The van der Waals surface area contributed by atoms with E-state index in [9.17, 15) is 14.4 Å².